The number of rotatable bonds is 6. The molecule has 0 saturated carbocycles. The number of hydrogen-bond acceptors (Lipinski definition) is 3. The minimum absolute atomic E-state index is 0.0947. The van der Waals surface area contributed by atoms with Gasteiger partial charge in [0.25, 0.3) is 0 Å². The van der Waals surface area contributed by atoms with Gasteiger partial charge in [-0.25, -0.2) is 0 Å². The van der Waals surface area contributed by atoms with Crippen LogP contribution in [0.2, 0.25) is 0 Å². The van der Waals surface area contributed by atoms with Gasteiger partial charge in [-0.3, -0.25) is 9.69 Å². The van der Waals surface area contributed by atoms with Crippen molar-refractivity contribution >= 4 is 16.8 Å². The summed E-state index contributed by atoms with van der Waals surface area (Å²) < 4.78 is 0. The van der Waals surface area contributed by atoms with Crippen LogP contribution in [-0.2, 0) is 11.2 Å². The van der Waals surface area contributed by atoms with Crippen molar-refractivity contribution in [1.29, 1.82) is 0 Å². The molecule has 3 N–H and O–H groups in total. The number of fused-ring (bicyclic) bond motifs is 1. The van der Waals surface area contributed by atoms with Crippen molar-refractivity contribution in [3.8, 4) is 0 Å². The van der Waals surface area contributed by atoms with Crippen molar-refractivity contribution in [3.63, 3.8) is 0 Å². The standard InChI is InChI=1S/C19H27N3O2/c1-14(22-10-7-15(13-23)8-11-22)19(24)20-9-6-16-12-21-18-5-3-2-4-17(16)18/h2-5,12,14-15,21,23H,6-11,13H2,1H3,(H,20,24). The van der Waals surface area contributed by atoms with Gasteiger partial charge in [0.15, 0.2) is 0 Å². The van der Waals surface area contributed by atoms with Crippen molar-refractivity contribution in [3.05, 3.63) is 36.0 Å². The second-order valence-electron chi connectivity index (χ2n) is 6.74. The van der Waals surface area contributed by atoms with Crippen LogP contribution in [0.3, 0.4) is 0 Å². The van der Waals surface area contributed by atoms with Crippen LogP contribution in [0.25, 0.3) is 10.9 Å². The second-order valence-corrected chi connectivity index (χ2v) is 6.74. The number of carbonyl (C=O) groups excluding carboxylic acids is 1. The van der Waals surface area contributed by atoms with Crippen molar-refractivity contribution < 1.29 is 9.90 Å². The van der Waals surface area contributed by atoms with E-state index in [1.54, 1.807) is 0 Å². The van der Waals surface area contributed by atoms with Crippen molar-refractivity contribution in [2.75, 3.05) is 26.2 Å². The van der Waals surface area contributed by atoms with Gasteiger partial charge in [-0.05, 0) is 56.8 Å². The fraction of sp³-hybridized carbons (Fsp3) is 0.526. The van der Waals surface area contributed by atoms with Crippen LogP contribution in [0, 0.1) is 5.92 Å². The topological polar surface area (TPSA) is 68.4 Å². The number of para-hydroxylation sites is 1. The van der Waals surface area contributed by atoms with Gasteiger partial charge >= 0.3 is 0 Å². The highest BCUT2D eigenvalue weighted by molar-refractivity contribution is 5.83. The van der Waals surface area contributed by atoms with Crippen LogP contribution in [0.1, 0.15) is 25.3 Å². The van der Waals surface area contributed by atoms with Gasteiger partial charge in [-0.2, -0.15) is 0 Å². The van der Waals surface area contributed by atoms with E-state index >= 15 is 0 Å². The number of aliphatic hydroxyl groups is 1. The molecule has 1 aliphatic heterocycles. The highest BCUT2D eigenvalue weighted by atomic mass is 16.3. The number of nitrogens with one attached hydrogen (secondary N) is 2. The number of benzene rings is 1. The Morgan fingerprint density at radius 1 is 1.38 bits per heavy atom. The summed E-state index contributed by atoms with van der Waals surface area (Å²) in [5.41, 5.74) is 2.38. The molecule has 1 aromatic carbocycles. The first-order valence-corrected chi connectivity index (χ1v) is 8.86. The fourth-order valence-electron chi connectivity index (χ4n) is 3.50. The lowest BCUT2D eigenvalue weighted by atomic mass is 9.97. The molecule has 130 valence electrons. The minimum Gasteiger partial charge on any atom is -0.396 e. The summed E-state index contributed by atoms with van der Waals surface area (Å²) >= 11 is 0. The summed E-state index contributed by atoms with van der Waals surface area (Å²) in [6, 6.07) is 8.13. The van der Waals surface area contributed by atoms with Crippen LogP contribution in [0.4, 0.5) is 0 Å². The third kappa shape index (κ3) is 3.79. The summed E-state index contributed by atoms with van der Waals surface area (Å²) in [5, 5.41) is 13.5. The van der Waals surface area contributed by atoms with E-state index in [0.29, 0.717) is 12.5 Å². The van der Waals surface area contributed by atoms with Gasteiger partial charge in [0.2, 0.25) is 5.91 Å². The third-order valence-corrected chi connectivity index (χ3v) is 5.20. The van der Waals surface area contributed by atoms with Crippen molar-refractivity contribution in [2.45, 2.75) is 32.2 Å². The first-order chi connectivity index (χ1) is 11.7. The summed E-state index contributed by atoms with van der Waals surface area (Å²) in [6.07, 6.45) is 4.81. The number of likely N-dealkylation sites (tertiary alicyclic amines) is 1. The van der Waals surface area contributed by atoms with Gasteiger partial charge in [0.1, 0.15) is 0 Å². The van der Waals surface area contributed by atoms with E-state index in [2.05, 4.69) is 27.3 Å². The summed E-state index contributed by atoms with van der Waals surface area (Å²) in [7, 11) is 0. The minimum atomic E-state index is -0.104. The van der Waals surface area contributed by atoms with E-state index in [1.807, 2.05) is 25.3 Å². The number of H-pyrrole nitrogens is 1. The van der Waals surface area contributed by atoms with E-state index in [1.165, 1.54) is 10.9 Å². The maximum absolute atomic E-state index is 12.4. The molecule has 3 rings (SSSR count). The highest BCUT2D eigenvalue weighted by Crippen LogP contribution is 2.19. The molecule has 0 radical (unpaired) electrons. The third-order valence-electron chi connectivity index (χ3n) is 5.20. The molecule has 0 aliphatic carbocycles. The van der Waals surface area contributed by atoms with Crippen LogP contribution in [-0.4, -0.2) is 53.2 Å². The molecule has 24 heavy (non-hydrogen) atoms. The number of hydrogen-bond donors (Lipinski definition) is 3. The Morgan fingerprint density at radius 2 is 2.12 bits per heavy atom. The second kappa shape index (κ2) is 7.81. The average Bonchev–Trinajstić information content (AvgIpc) is 3.04. The Kier molecular flexibility index (Phi) is 5.53. The van der Waals surface area contributed by atoms with E-state index < -0.39 is 0 Å². The average molecular weight is 329 g/mol. The van der Waals surface area contributed by atoms with Gasteiger partial charge in [0.05, 0.1) is 6.04 Å². The Labute approximate surface area is 143 Å². The quantitative estimate of drug-likeness (QED) is 0.758. The monoisotopic (exact) mass is 329 g/mol. The SMILES string of the molecule is CC(C(=O)NCCc1c[nH]c2ccccc12)N1CCC(CO)CC1. The number of piperidine rings is 1. The molecule has 1 fully saturated rings. The predicted molar refractivity (Wildman–Crippen MR) is 95.9 cm³/mol. The van der Waals surface area contributed by atoms with Gasteiger partial charge < -0.3 is 15.4 Å². The van der Waals surface area contributed by atoms with Gasteiger partial charge in [-0.15, -0.1) is 0 Å². The van der Waals surface area contributed by atoms with E-state index in [4.69, 9.17) is 0 Å². The zero-order chi connectivity index (χ0) is 16.9. The lowest BCUT2D eigenvalue weighted by molar-refractivity contribution is -0.126. The normalized spacial score (nSPS) is 17.9. The summed E-state index contributed by atoms with van der Waals surface area (Å²) in [5.74, 6) is 0.496. The maximum atomic E-state index is 12.4. The van der Waals surface area contributed by atoms with Crippen molar-refractivity contribution in [1.82, 2.24) is 15.2 Å². The molecule has 1 aromatic heterocycles. The molecular weight excluding hydrogens is 302 g/mol. The lowest BCUT2D eigenvalue weighted by Crippen LogP contribution is -2.48. The zero-order valence-corrected chi connectivity index (χ0v) is 14.3. The molecule has 1 saturated heterocycles. The summed E-state index contributed by atoms with van der Waals surface area (Å²) in [6.45, 7) is 4.67. The summed E-state index contributed by atoms with van der Waals surface area (Å²) in [4.78, 5) is 17.9. The van der Waals surface area contributed by atoms with Crippen LogP contribution >= 0.6 is 0 Å². The number of aliphatic hydroxyl groups excluding tert-OH is 1. The number of nitrogens with zero attached hydrogens (tertiary/aromatic N) is 1. The zero-order valence-electron chi connectivity index (χ0n) is 14.3. The molecular formula is C19H27N3O2. The molecule has 1 amide bonds. The Hall–Kier alpha value is -1.85. The smallest absolute Gasteiger partial charge is 0.237 e. The molecule has 1 unspecified atom stereocenters. The number of carbonyl (C=O) groups is 1. The molecule has 2 aromatic rings. The first-order valence-electron chi connectivity index (χ1n) is 8.86. The first kappa shape index (κ1) is 17.0. The van der Waals surface area contributed by atoms with E-state index in [9.17, 15) is 9.90 Å². The van der Waals surface area contributed by atoms with Gasteiger partial charge in [-0.1, -0.05) is 18.2 Å². The molecule has 1 aliphatic rings. The lowest BCUT2D eigenvalue weighted by Gasteiger charge is -2.34. The molecule has 5 heteroatoms. The van der Waals surface area contributed by atoms with Crippen molar-refractivity contribution in [2.24, 2.45) is 5.92 Å². The van der Waals surface area contributed by atoms with E-state index in [0.717, 1.165) is 37.9 Å². The molecule has 2 heterocycles. The van der Waals surface area contributed by atoms with Gasteiger partial charge in [0, 0.05) is 30.3 Å². The Morgan fingerprint density at radius 3 is 2.88 bits per heavy atom. The Bertz CT molecular complexity index is 674. The number of amides is 1. The van der Waals surface area contributed by atoms with E-state index in [-0.39, 0.29) is 18.6 Å². The molecule has 5 nitrogen and oxygen atoms in total. The maximum Gasteiger partial charge on any atom is 0.237 e. The largest absolute Gasteiger partial charge is 0.396 e. The van der Waals surface area contributed by atoms with Crippen LogP contribution < -0.4 is 5.32 Å². The number of aromatic amines is 1. The molecule has 0 spiro atoms. The fourth-order valence-corrected chi connectivity index (χ4v) is 3.50. The Balaban J connectivity index is 1.47. The highest BCUT2D eigenvalue weighted by Gasteiger charge is 2.26. The van der Waals surface area contributed by atoms with Crippen LogP contribution in [0.5, 0.6) is 0 Å². The number of aromatic nitrogens is 1. The van der Waals surface area contributed by atoms with Crippen LogP contribution in [0.15, 0.2) is 30.5 Å². The molecule has 0 bridgehead atoms. The predicted octanol–water partition coefficient (Wildman–Crippen LogP) is 1.92. The molecule has 1 atom stereocenters.